The van der Waals surface area contributed by atoms with Crippen LogP contribution < -0.4 is 5.32 Å². The van der Waals surface area contributed by atoms with Crippen molar-refractivity contribution in [2.45, 2.75) is 19.5 Å². The molecule has 90 valence electrons. The monoisotopic (exact) mass is 224 g/mol. The van der Waals surface area contributed by atoms with Gasteiger partial charge in [0.1, 0.15) is 0 Å². The first-order valence-corrected chi connectivity index (χ1v) is 5.90. The van der Waals surface area contributed by atoms with Gasteiger partial charge < -0.3 is 14.5 Å². The highest BCUT2D eigenvalue weighted by Crippen LogP contribution is 2.04. The van der Waals surface area contributed by atoms with E-state index in [4.69, 9.17) is 9.15 Å². The molecule has 1 saturated heterocycles. The Kier molecular flexibility index (Phi) is 4.39. The summed E-state index contributed by atoms with van der Waals surface area (Å²) >= 11 is 0. The average Bonchev–Trinajstić information content (AvgIpc) is 2.79. The molecule has 4 heteroatoms. The maximum atomic E-state index is 5.40. The largest absolute Gasteiger partial charge is 0.472 e. The predicted molar refractivity (Wildman–Crippen MR) is 62.3 cm³/mol. The van der Waals surface area contributed by atoms with E-state index in [-0.39, 0.29) is 0 Å². The van der Waals surface area contributed by atoms with Crippen molar-refractivity contribution in [2.75, 3.05) is 32.8 Å². The Morgan fingerprint density at radius 1 is 1.56 bits per heavy atom. The van der Waals surface area contributed by atoms with Crippen LogP contribution in [0.15, 0.2) is 23.0 Å². The molecule has 0 aromatic carbocycles. The van der Waals surface area contributed by atoms with Gasteiger partial charge in [0.25, 0.3) is 0 Å². The van der Waals surface area contributed by atoms with Crippen LogP contribution in [-0.2, 0) is 11.3 Å². The lowest BCUT2D eigenvalue weighted by molar-refractivity contribution is 0.000404. The Hall–Kier alpha value is -0.840. The van der Waals surface area contributed by atoms with Crippen LogP contribution in [0.4, 0.5) is 0 Å². The fourth-order valence-electron chi connectivity index (χ4n) is 1.94. The topological polar surface area (TPSA) is 37.6 Å². The second kappa shape index (κ2) is 6.03. The Morgan fingerprint density at radius 2 is 2.50 bits per heavy atom. The van der Waals surface area contributed by atoms with Gasteiger partial charge in [-0.3, -0.25) is 4.90 Å². The smallest absolute Gasteiger partial charge is 0.0947 e. The molecule has 0 bridgehead atoms. The van der Waals surface area contributed by atoms with E-state index in [0.29, 0.717) is 6.04 Å². The maximum absolute atomic E-state index is 5.40. The highest BCUT2D eigenvalue weighted by atomic mass is 16.5. The first-order valence-electron chi connectivity index (χ1n) is 5.90. The zero-order chi connectivity index (χ0) is 11.2. The molecule has 1 N–H and O–H groups in total. The molecule has 1 aliphatic heterocycles. The third-order valence-electron chi connectivity index (χ3n) is 2.99. The highest BCUT2D eigenvalue weighted by Gasteiger charge is 2.17. The summed E-state index contributed by atoms with van der Waals surface area (Å²) in [5.74, 6) is 0. The number of nitrogens with one attached hydrogen (secondary N) is 1. The molecule has 0 amide bonds. The molecular weight excluding hydrogens is 204 g/mol. The van der Waals surface area contributed by atoms with Gasteiger partial charge in [-0.2, -0.15) is 0 Å². The van der Waals surface area contributed by atoms with E-state index in [1.807, 2.05) is 6.07 Å². The molecule has 4 nitrogen and oxygen atoms in total. The van der Waals surface area contributed by atoms with Crippen molar-refractivity contribution in [3.63, 3.8) is 0 Å². The van der Waals surface area contributed by atoms with E-state index in [2.05, 4.69) is 17.1 Å². The Bertz CT molecular complexity index is 287. The number of hydrogen-bond donors (Lipinski definition) is 1. The molecule has 0 spiro atoms. The van der Waals surface area contributed by atoms with Crippen LogP contribution in [0, 0.1) is 0 Å². The molecule has 0 radical (unpaired) electrons. The fraction of sp³-hybridized carbons (Fsp3) is 0.667. The minimum absolute atomic E-state index is 0.546. The third-order valence-corrected chi connectivity index (χ3v) is 2.99. The van der Waals surface area contributed by atoms with Crippen molar-refractivity contribution in [1.29, 1.82) is 0 Å². The van der Waals surface area contributed by atoms with Crippen molar-refractivity contribution < 1.29 is 9.15 Å². The van der Waals surface area contributed by atoms with Crippen LogP contribution >= 0.6 is 0 Å². The molecule has 2 heterocycles. The van der Waals surface area contributed by atoms with Crippen LogP contribution in [0.3, 0.4) is 0 Å². The van der Waals surface area contributed by atoms with Gasteiger partial charge in [0.15, 0.2) is 0 Å². The number of nitrogens with zero attached hydrogens (tertiary/aromatic N) is 1. The number of furan rings is 1. The number of rotatable bonds is 5. The zero-order valence-electron chi connectivity index (χ0n) is 9.82. The molecule has 0 saturated carbocycles. The zero-order valence-corrected chi connectivity index (χ0v) is 9.82. The minimum Gasteiger partial charge on any atom is -0.472 e. The van der Waals surface area contributed by atoms with Gasteiger partial charge in [-0.15, -0.1) is 0 Å². The van der Waals surface area contributed by atoms with Gasteiger partial charge in [0.2, 0.25) is 0 Å². The first kappa shape index (κ1) is 11.6. The lowest BCUT2D eigenvalue weighted by Gasteiger charge is -2.33. The van der Waals surface area contributed by atoms with E-state index in [9.17, 15) is 0 Å². The van der Waals surface area contributed by atoms with Gasteiger partial charge in [-0.25, -0.2) is 0 Å². The molecule has 1 atom stereocenters. The summed E-state index contributed by atoms with van der Waals surface area (Å²) in [5.41, 5.74) is 1.20. The minimum atomic E-state index is 0.546. The maximum Gasteiger partial charge on any atom is 0.0947 e. The van der Waals surface area contributed by atoms with Gasteiger partial charge in [0.05, 0.1) is 25.7 Å². The molecule has 1 fully saturated rings. The second-order valence-electron chi connectivity index (χ2n) is 4.27. The lowest BCUT2D eigenvalue weighted by atomic mass is 10.2. The summed E-state index contributed by atoms with van der Waals surface area (Å²) in [6, 6.07) is 2.54. The molecule has 1 unspecified atom stereocenters. The van der Waals surface area contributed by atoms with Crippen LogP contribution in [-0.4, -0.2) is 43.8 Å². The number of morpholine rings is 1. The van der Waals surface area contributed by atoms with Crippen molar-refractivity contribution in [2.24, 2.45) is 0 Å². The first-order chi connectivity index (χ1) is 7.86. The summed E-state index contributed by atoms with van der Waals surface area (Å²) in [6.07, 6.45) is 3.49. The predicted octanol–water partition coefficient (Wildman–Crippen LogP) is 1.09. The summed E-state index contributed by atoms with van der Waals surface area (Å²) in [6.45, 7) is 7.98. The highest BCUT2D eigenvalue weighted by molar-refractivity contribution is 5.04. The molecule has 1 aromatic rings. The molecule has 1 aromatic heterocycles. The fourth-order valence-corrected chi connectivity index (χ4v) is 1.94. The van der Waals surface area contributed by atoms with E-state index < -0.39 is 0 Å². The summed E-state index contributed by atoms with van der Waals surface area (Å²) < 4.78 is 10.4. The van der Waals surface area contributed by atoms with E-state index >= 15 is 0 Å². The van der Waals surface area contributed by atoms with Gasteiger partial charge in [0, 0.05) is 37.8 Å². The van der Waals surface area contributed by atoms with Gasteiger partial charge in [-0.1, -0.05) is 0 Å². The van der Waals surface area contributed by atoms with Crippen molar-refractivity contribution in [3.8, 4) is 0 Å². The standard InChI is InChI=1S/C12H20N2O2/c1-11-9-16-7-5-14(11)4-3-13-8-12-2-6-15-10-12/h2,6,10-11,13H,3-5,7-9H2,1H3. The number of ether oxygens (including phenoxy) is 1. The van der Waals surface area contributed by atoms with Crippen molar-refractivity contribution in [1.82, 2.24) is 10.2 Å². The molecule has 0 aliphatic carbocycles. The van der Waals surface area contributed by atoms with Crippen molar-refractivity contribution >= 4 is 0 Å². The molecular formula is C12H20N2O2. The summed E-state index contributed by atoms with van der Waals surface area (Å²) in [5, 5.41) is 3.41. The Morgan fingerprint density at radius 3 is 3.25 bits per heavy atom. The van der Waals surface area contributed by atoms with Gasteiger partial charge in [-0.05, 0) is 13.0 Å². The van der Waals surface area contributed by atoms with Crippen LogP contribution in [0.5, 0.6) is 0 Å². The van der Waals surface area contributed by atoms with Crippen LogP contribution in [0.2, 0.25) is 0 Å². The summed E-state index contributed by atoms with van der Waals surface area (Å²) in [4.78, 5) is 2.46. The molecule has 2 rings (SSSR count). The van der Waals surface area contributed by atoms with E-state index in [1.54, 1.807) is 12.5 Å². The van der Waals surface area contributed by atoms with Gasteiger partial charge >= 0.3 is 0 Å². The Balaban J connectivity index is 1.60. The normalized spacial score (nSPS) is 22.4. The molecule has 1 aliphatic rings. The quantitative estimate of drug-likeness (QED) is 0.760. The van der Waals surface area contributed by atoms with Crippen LogP contribution in [0.25, 0.3) is 0 Å². The van der Waals surface area contributed by atoms with E-state index in [0.717, 1.165) is 39.4 Å². The summed E-state index contributed by atoms with van der Waals surface area (Å²) in [7, 11) is 0. The molecule has 16 heavy (non-hydrogen) atoms. The van der Waals surface area contributed by atoms with Crippen molar-refractivity contribution in [3.05, 3.63) is 24.2 Å². The second-order valence-corrected chi connectivity index (χ2v) is 4.27. The van der Waals surface area contributed by atoms with E-state index in [1.165, 1.54) is 5.56 Å². The number of hydrogen-bond acceptors (Lipinski definition) is 4. The Labute approximate surface area is 96.6 Å². The SMILES string of the molecule is CC1COCCN1CCNCc1ccoc1. The van der Waals surface area contributed by atoms with Crippen LogP contribution in [0.1, 0.15) is 12.5 Å². The lowest BCUT2D eigenvalue weighted by Crippen LogP contribution is -2.46. The average molecular weight is 224 g/mol. The third kappa shape index (κ3) is 3.33.